The Hall–Kier alpha value is -3.98. The molecule has 2 amide bonds. The Morgan fingerprint density at radius 1 is 1.07 bits per heavy atom. The summed E-state index contributed by atoms with van der Waals surface area (Å²) < 4.78 is 31.0. The van der Waals surface area contributed by atoms with Crippen LogP contribution in [-0.2, 0) is 9.59 Å². The van der Waals surface area contributed by atoms with Gasteiger partial charge in [0.1, 0.15) is 24.0 Å². The number of hydrogen-bond donors (Lipinski definition) is 1. The number of thioether (sulfide) groups is 1. The molecule has 2 heterocycles. The van der Waals surface area contributed by atoms with Crippen LogP contribution >= 0.6 is 11.8 Å². The molecule has 0 aliphatic carbocycles. The quantitative estimate of drug-likeness (QED) is 0.308. The van der Waals surface area contributed by atoms with Crippen LogP contribution in [0.3, 0.4) is 0 Å². The minimum atomic E-state index is -0.708. The fourth-order valence-corrected chi connectivity index (χ4v) is 6.23. The maximum Gasteiger partial charge on any atom is 0.240 e. The number of carbonyl (C=O) groups is 2. The number of halogens is 2. The van der Waals surface area contributed by atoms with Gasteiger partial charge in [-0.25, -0.2) is 13.5 Å². The van der Waals surface area contributed by atoms with E-state index >= 15 is 4.39 Å². The number of nitrogens with zero attached hydrogens (tertiary/aromatic N) is 3. The monoisotopic (exact) mass is 560 g/mol. The number of rotatable bonds is 6. The van der Waals surface area contributed by atoms with Crippen LogP contribution in [0.5, 0.6) is 0 Å². The topological polar surface area (TPSA) is 67.2 Å². The number of anilines is 1. The van der Waals surface area contributed by atoms with E-state index in [1.807, 2.05) is 76.2 Å². The molecule has 0 saturated heterocycles. The molecule has 0 saturated carbocycles. The number of aryl methyl sites for hydroxylation is 2. The molecule has 3 aromatic carbocycles. The molecule has 1 N–H and O–H groups in total. The minimum Gasteiger partial charge on any atom is -0.352 e. The summed E-state index contributed by atoms with van der Waals surface area (Å²) in [6, 6.07) is 18.7. The van der Waals surface area contributed by atoms with Crippen molar-refractivity contribution in [3.8, 4) is 16.9 Å². The van der Waals surface area contributed by atoms with E-state index in [0.717, 1.165) is 28.4 Å². The Morgan fingerprint density at radius 3 is 2.50 bits per heavy atom. The predicted molar refractivity (Wildman–Crippen MR) is 155 cm³/mol. The maximum atomic E-state index is 15.3. The summed E-state index contributed by atoms with van der Waals surface area (Å²) >= 11 is 1.24. The van der Waals surface area contributed by atoms with Crippen LogP contribution in [0.1, 0.15) is 41.4 Å². The molecule has 206 valence electrons. The van der Waals surface area contributed by atoms with Gasteiger partial charge in [0.15, 0.2) is 0 Å². The summed E-state index contributed by atoms with van der Waals surface area (Å²) in [5, 5.41) is 7.20. The number of nitrogens with one attached hydrogen (secondary N) is 1. The second kappa shape index (κ2) is 11.3. The first-order valence-corrected chi connectivity index (χ1v) is 14.1. The van der Waals surface area contributed by atoms with Gasteiger partial charge in [0.05, 0.1) is 22.4 Å². The number of carbonyl (C=O) groups excluding carboxylic acids is 2. The van der Waals surface area contributed by atoms with Crippen molar-refractivity contribution in [2.45, 2.75) is 39.0 Å². The third-order valence-electron chi connectivity index (χ3n) is 6.71. The van der Waals surface area contributed by atoms with Crippen molar-refractivity contribution in [3.63, 3.8) is 0 Å². The lowest BCUT2D eigenvalue weighted by molar-refractivity contribution is -0.123. The highest BCUT2D eigenvalue weighted by Gasteiger charge is 2.38. The molecular formula is C31H30F2N4O2S. The smallest absolute Gasteiger partial charge is 0.240 e. The molecule has 1 aromatic heterocycles. The Kier molecular flexibility index (Phi) is 7.76. The number of hydrogen-bond acceptors (Lipinski definition) is 4. The SMILES string of the molecule is Cc1ccc(-n2nc(-c3ccccc3)c3c2N(CC(=O)NC(C)C)C(=O)CSC3c2ccc(F)cc2F)c(C)c1. The second-order valence-corrected chi connectivity index (χ2v) is 11.3. The summed E-state index contributed by atoms with van der Waals surface area (Å²) in [4.78, 5) is 28.2. The third kappa shape index (κ3) is 5.38. The minimum absolute atomic E-state index is 0.00771. The van der Waals surface area contributed by atoms with Crippen LogP contribution in [0.25, 0.3) is 16.9 Å². The van der Waals surface area contributed by atoms with Gasteiger partial charge in [-0.05, 0) is 45.4 Å². The Bertz CT molecular complexity index is 1590. The summed E-state index contributed by atoms with van der Waals surface area (Å²) in [7, 11) is 0. The van der Waals surface area contributed by atoms with Crippen LogP contribution in [0.15, 0.2) is 66.7 Å². The van der Waals surface area contributed by atoms with E-state index in [0.29, 0.717) is 17.1 Å². The van der Waals surface area contributed by atoms with Crippen molar-refractivity contribution in [1.82, 2.24) is 15.1 Å². The molecule has 0 fully saturated rings. The van der Waals surface area contributed by atoms with Crippen molar-refractivity contribution in [1.29, 1.82) is 0 Å². The molecule has 9 heteroatoms. The third-order valence-corrected chi connectivity index (χ3v) is 7.95. The van der Waals surface area contributed by atoms with Gasteiger partial charge in [-0.2, -0.15) is 5.10 Å². The fraction of sp³-hybridized carbons (Fsp3) is 0.258. The number of aromatic nitrogens is 2. The molecule has 40 heavy (non-hydrogen) atoms. The van der Waals surface area contributed by atoms with Crippen LogP contribution in [0.2, 0.25) is 0 Å². The summed E-state index contributed by atoms with van der Waals surface area (Å²) in [5.41, 5.74) is 4.88. The van der Waals surface area contributed by atoms with Crippen LogP contribution in [0, 0.1) is 25.5 Å². The van der Waals surface area contributed by atoms with Crippen molar-refractivity contribution in [3.05, 3.63) is 101 Å². The molecule has 0 spiro atoms. The van der Waals surface area contributed by atoms with E-state index in [-0.39, 0.29) is 35.7 Å². The molecular weight excluding hydrogens is 530 g/mol. The van der Waals surface area contributed by atoms with Gasteiger partial charge in [-0.1, -0.05) is 54.1 Å². The van der Waals surface area contributed by atoms with E-state index < -0.39 is 16.9 Å². The molecule has 0 bridgehead atoms. The van der Waals surface area contributed by atoms with Crippen LogP contribution in [-0.4, -0.2) is 39.9 Å². The standard InChI is InChI=1S/C31H30F2N4O2S/c1-18(2)34-26(38)16-36-27(39)17-40-30(23-12-11-22(32)15-24(23)33)28-29(21-8-6-5-7-9-21)35-37(31(28)36)25-13-10-19(3)14-20(25)4/h5-15,18,30H,16-17H2,1-4H3,(H,34,38). The molecule has 1 aliphatic heterocycles. The van der Waals surface area contributed by atoms with E-state index in [9.17, 15) is 14.0 Å². The van der Waals surface area contributed by atoms with Crippen molar-refractivity contribution < 1.29 is 18.4 Å². The van der Waals surface area contributed by atoms with Crippen LogP contribution in [0.4, 0.5) is 14.6 Å². The molecule has 0 radical (unpaired) electrons. The average molecular weight is 561 g/mol. The number of benzene rings is 3. The zero-order valence-electron chi connectivity index (χ0n) is 22.7. The molecule has 6 nitrogen and oxygen atoms in total. The van der Waals surface area contributed by atoms with Crippen molar-refractivity contribution in [2.75, 3.05) is 17.2 Å². The van der Waals surface area contributed by atoms with Gasteiger partial charge in [-0.3, -0.25) is 14.5 Å². The highest BCUT2D eigenvalue weighted by Crippen LogP contribution is 2.49. The first kappa shape index (κ1) is 27.6. The normalized spacial score (nSPS) is 15.2. The largest absolute Gasteiger partial charge is 0.352 e. The van der Waals surface area contributed by atoms with Crippen molar-refractivity contribution >= 4 is 29.4 Å². The molecule has 4 aromatic rings. The van der Waals surface area contributed by atoms with E-state index in [4.69, 9.17) is 5.10 Å². The Morgan fingerprint density at radius 2 is 1.82 bits per heavy atom. The maximum absolute atomic E-state index is 15.3. The Labute approximate surface area is 236 Å². The van der Waals surface area contributed by atoms with E-state index in [1.165, 1.54) is 28.8 Å². The highest BCUT2D eigenvalue weighted by molar-refractivity contribution is 8.00. The van der Waals surface area contributed by atoms with Gasteiger partial charge in [0.25, 0.3) is 0 Å². The summed E-state index contributed by atoms with van der Waals surface area (Å²) in [5.74, 6) is -1.63. The van der Waals surface area contributed by atoms with E-state index in [2.05, 4.69) is 5.32 Å². The molecule has 1 unspecified atom stereocenters. The zero-order chi connectivity index (χ0) is 28.6. The van der Waals surface area contributed by atoms with Gasteiger partial charge >= 0.3 is 0 Å². The lowest BCUT2D eigenvalue weighted by Crippen LogP contribution is -2.44. The molecule has 5 rings (SSSR count). The molecule has 1 atom stereocenters. The highest BCUT2D eigenvalue weighted by atomic mass is 32.2. The number of amides is 2. The number of fused-ring (bicyclic) bond motifs is 1. The summed E-state index contributed by atoms with van der Waals surface area (Å²) in [6.07, 6.45) is 0. The van der Waals surface area contributed by atoms with Crippen LogP contribution < -0.4 is 10.2 Å². The predicted octanol–water partition coefficient (Wildman–Crippen LogP) is 6.13. The van der Waals surface area contributed by atoms with Gasteiger partial charge in [0.2, 0.25) is 11.8 Å². The first-order valence-electron chi connectivity index (χ1n) is 13.1. The lowest BCUT2D eigenvalue weighted by atomic mass is 9.99. The van der Waals surface area contributed by atoms with Gasteiger partial charge in [-0.15, -0.1) is 11.8 Å². The van der Waals surface area contributed by atoms with Gasteiger partial charge in [0, 0.05) is 28.8 Å². The van der Waals surface area contributed by atoms with Gasteiger partial charge < -0.3 is 5.32 Å². The zero-order valence-corrected chi connectivity index (χ0v) is 23.6. The molecule has 1 aliphatic rings. The fourth-order valence-electron chi connectivity index (χ4n) is 5.01. The second-order valence-electron chi connectivity index (χ2n) is 10.2. The average Bonchev–Trinajstić information content (AvgIpc) is 3.21. The first-order chi connectivity index (χ1) is 19.1. The lowest BCUT2D eigenvalue weighted by Gasteiger charge is -2.24. The van der Waals surface area contributed by atoms with E-state index in [1.54, 1.807) is 4.68 Å². The Balaban J connectivity index is 1.84. The van der Waals surface area contributed by atoms with Crippen molar-refractivity contribution in [2.24, 2.45) is 0 Å². The summed E-state index contributed by atoms with van der Waals surface area (Å²) in [6.45, 7) is 7.42.